The van der Waals surface area contributed by atoms with Crippen molar-refractivity contribution in [1.29, 1.82) is 0 Å². The van der Waals surface area contributed by atoms with Crippen LogP contribution in [0.2, 0.25) is 0 Å². The van der Waals surface area contributed by atoms with Crippen molar-refractivity contribution in [1.82, 2.24) is 15.0 Å². The monoisotopic (exact) mass is 318 g/mol. The average molecular weight is 318 g/mol. The highest BCUT2D eigenvalue weighted by Gasteiger charge is 2.40. The summed E-state index contributed by atoms with van der Waals surface area (Å²) >= 11 is 0. The highest BCUT2D eigenvalue weighted by Crippen LogP contribution is 2.35. The third kappa shape index (κ3) is 2.12. The van der Waals surface area contributed by atoms with Crippen LogP contribution in [-0.2, 0) is 11.3 Å². The Hall–Kier alpha value is -2.66. The molecule has 0 amide bonds. The molecule has 0 radical (unpaired) electrons. The first-order valence-electron chi connectivity index (χ1n) is 8.31. The van der Waals surface area contributed by atoms with Gasteiger partial charge in [-0.2, -0.15) is 0 Å². The second-order valence-corrected chi connectivity index (χ2v) is 6.35. The van der Waals surface area contributed by atoms with Crippen LogP contribution in [0.5, 0.6) is 0 Å². The van der Waals surface area contributed by atoms with Crippen molar-refractivity contribution in [2.45, 2.75) is 18.8 Å². The van der Waals surface area contributed by atoms with Crippen molar-refractivity contribution < 1.29 is 4.74 Å². The van der Waals surface area contributed by atoms with Crippen LogP contribution in [0.3, 0.4) is 0 Å². The van der Waals surface area contributed by atoms with Crippen molar-refractivity contribution in [2.24, 2.45) is 0 Å². The van der Waals surface area contributed by atoms with E-state index < -0.39 is 0 Å². The third-order valence-corrected chi connectivity index (χ3v) is 4.94. The highest BCUT2D eigenvalue weighted by molar-refractivity contribution is 5.61. The van der Waals surface area contributed by atoms with Gasteiger partial charge in [0.15, 0.2) is 0 Å². The molecule has 1 aromatic heterocycles. The van der Waals surface area contributed by atoms with Gasteiger partial charge >= 0.3 is 0 Å². The van der Waals surface area contributed by atoms with Gasteiger partial charge in [-0.15, -0.1) is 5.10 Å². The lowest BCUT2D eigenvalue weighted by atomic mass is 10.1. The zero-order chi connectivity index (χ0) is 15.9. The Morgan fingerprint density at radius 2 is 1.67 bits per heavy atom. The molecule has 1 fully saturated rings. The summed E-state index contributed by atoms with van der Waals surface area (Å²) < 4.78 is 8.24. The number of rotatable bonds is 2. The largest absolute Gasteiger partial charge is 0.368 e. The van der Waals surface area contributed by atoms with E-state index in [2.05, 4.69) is 56.3 Å². The van der Waals surface area contributed by atoms with Crippen molar-refractivity contribution in [3.8, 4) is 11.3 Å². The van der Waals surface area contributed by atoms with Crippen LogP contribution in [0.4, 0.5) is 5.69 Å². The first-order valence-corrected chi connectivity index (χ1v) is 8.31. The molecule has 2 aliphatic rings. The van der Waals surface area contributed by atoms with Gasteiger partial charge in [-0.25, -0.2) is 4.68 Å². The fourth-order valence-corrected chi connectivity index (χ4v) is 3.73. The van der Waals surface area contributed by atoms with E-state index in [9.17, 15) is 0 Å². The van der Waals surface area contributed by atoms with Gasteiger partial charge < -0.3 is 9.64 Å². The summed E-state index contributed by atoms with van der Waals surface area (Å²) in [6.45, 7) is 2.37. The molecule has 120 valence electrons. The number of aromatic nitrogens is 3. The topological polar surface area (TPSA) is 43.2 Å². The maximum absolute atomic E-state index is 6.16. The number of fused-ring (bicyclic) bond motifs is 3. The first-order chi connectivity index (χ1) is 11.9. The zero-order valence-electron chi connectivity index (χ0n) is 13.2. The van der Waals surface area contributed by atoms with Crippen molar-refractivity contribution in [2.75, 3.05) is 18.0 Å². The van der Waals surface area contributed by atoms with E-state index in [1.165, 1.54) is 5.69 Å². The molecule has 0 saturated carbocycles. The van der Waals surface area contributed by atoms with Crippen molar-refractivity contribution >= 4 is 5.69 Å². The van der Waals surface area contributed by atoms with Gasteiger partial charge in [-0.1, -0.05) is 53.7 Å². The standard InChI is InChI=1S/C19H18N4O/c1-3-7-14(8-4-1)19-17-13-24-18-12-22(15-9-5-2-6-10-15)11-16(18)23(17)21-20-19/h1-10,16,18H,11-13H2/t16-,18-/m0/s1. The number of hydrogen-bond acceptors (Lipinski definition) is 4. The highest BCUT2D eigenvalue weighted by atomic mass is 16.5. The van der Waals surface area contributed by atoms with E-state index in [0.717, 1.165) is 30.0 Å². The second-order valence-electron chi connectivity index (χ2n) is 6.35. The van der Waals surface area contributed by atoms with Crippen molar-refractivity contribution in [3.63, 3.8) is 0 Å². The maximum atomic E-state index is 6.16. The van der Waals surface area contributed by atoms with E-state index in [4.69, 9.17) is 4.74 Å². The first kappa shape index (κ1) is 13.7. The molecule has 0 spiro atoms. The van der Waals surface area contributed by atoms with E-state index in [1.54, 1.807) is 0 Å². The molecule has 5 heteroatoms. The quantitative estimate of drug-likeness (QED) is 0.729. The Balaban J connectivity index is 1.48. The molecular formula is C19H18N4O. The lowest BCUT2D eigenvalue weighted by Gasteiger charge is -2.26. The summed E-state index contributed by atoms with van der Waals surface area (Å²) in [5.41, 5.74) is 4.35. The van der Waals surface area contributed by atoms with Gasteiger partial charge in [-0.05, 0) is 12.1 Å². The molecule has 2 aromatic carbocycles. The van der Waals surface area contributed by atoms with Crippen LogP contribution in [0.25, 0.3) is 11.3 Å². The zero-order valence-corrected chi connectivity index (χ0v) is 13.2. The van der Waals surface area contributed by atoms with Crippen LogP contribution < -0.4 is 4.90 Å². The third-order valence-electron chi connectivity index (χ3n) is 4.94. The number of nitrogens with zero attached hydrogens (tertiary/aromatic N) is 4. The average Bonchev–Trinajstić information content (AvgIpc) is 3.27. The summed E-state index contributed by atoms with van der Waals surface area (Å²) in [6, 6.07) is 20.9. The van der Waals surface area contributed by atoms with Crippen molar-refractivity contribution in [3.05, 3.63) is 66.4 Å². The Labute approximate surface area is 140 Å². The van der Waals surface area contributed by atoms with E-state index in [-0.39, 0.29) is 12.1 Å². The van der Waals surface area contributed by atoms with E-state index in [0.29, 0.717) is 6.61 Å². The van der Waals surface area contributed by atoms with Crippen LogP contribution in [-0.4, -0.2) is 34.2 Å². The Morgan fingerprint density at radius 1 is 0.917 bits per heavy atom. The molecular weight excluding hydrogens is 300 g/mol. The normalized spacial score (nSPS) is 22.2. The summed E-state index contributed by atoms with van der Waals surface area (Å²) in [7, 11) is 0. The molecule has 5 rings (SSSR count). The molecule has 3 heterocycles. The molecule has 5 nitrogen and oxygen atoms in total. The molecule has 0 N–H and O–H groups in total. The van der Waals surface area contributed by atoms with Gasteiger partial charge in [0, 0.05) is 24.3 Å². The summed E-state index contributed by atoms with van der Waals surface area (Å²) in [6.07, 6.45) is 0.169. The molecule has 2 aliphatic heterocycles. The van der Waals surface area contributed by atoms with Crippen LogP contribution >= 0.6 is 0 Å². The molecule has 3 aromatic rings. The smallest absolute Gasteiger partial charge is 0.118 e. The number of ether oxygens (including phenoxy) is 1. The predicted octanol–water partition coefficient (Wildman–Crippen LogP) is 2.91. The summed E-state index contributed by atoms with van der Waals surface area (Å²) in [5, 5.41) is 8.90. The number of hydrogen-bond donors (Lipinski definition) is 0. The van der Waals surface area contributed by atoms with Gasteiger partial charge in [0.1, 0.15) is 5.69 Å². The van der Waals surface area contributed by atoms with E-state index in [1.807, 2.05) is 24.3 Å². The van der Waals surface area contributed by atoms with Crippen LogP contribution in [0, 0.1) is 0 Å². The maximum Gasteiger partial charge on any atom is 0.118 e. The van der Waals surface area contributed by atoms with E-state index >= 15 is 0 Å². The fourth-order valence-electron chi connectivity index (χ4n) is 3.73. The molecule has 24 heavy (non-hydrogen) atoms. The Bertz CT molecular complexity index is 846. The lowest BCUT2D eigenvalue weighted by Crippen LogP contribution is -2.32. The van der Waals surface area contributed by atoms with Gasteiger partial charge in [-0.3, -0.25) is 0 Å². The molecule has 2 atom stereocenters. The molecule has 0 bridgehead atoms. The lowest BCUT2D eigenvalue weighted by molar-refractivity contribution is -0.00225. The Kier molecular flexibility index (Phi) is 3.13. The van der Waals surface area contributed by atoms with Crippen LogP contribution in [0.1, 0.15) is 11.7 Å². The minimum absolute atomic E-state index is 0.169. The number of anilines is 1. The second kappa shape index (κ2) is 5.46. The minimum Gasteiger partial charge on any atom is -0.368 e. The molecule has 1 saturated heterocycles. The SMILES string of the molecule is c1ccc(-c2nnn3c2CO[C@H]2CN(c4ccccc4)C[C@@H]23)cc1. The van der Waals surface area contributed by atoms with Crippen LogP contribution in [0.15, 0.2) is 60.7 Å². The van der Waals surface area contributed by atoms with Gasteiger partial charge in [0.25, 0.3) is 0 Å². The van der Waals surface area contributed by atoms with Gasteiger partial charge in [0.2, 0.25) is 0 Å². The molecule has 0 aliphatic carbocycles. The number of para-hydroxylation sites is 1. The van der Waals surface area contributed by atoms with Gasteiger partial charge in [0.05, 0.1) is 24.4 Å². The summed E-state index contributed by atoms with van der Waals surface area (Å²) in [4.78, 5) is 2.37. The predicted molar refractivity (Wildman–Crippen MR) is 91.7 cm³/mol. The Morgan fingerprint density at radius 3 is 2.46 bits per heavy atom. The summed E-state index contributed by atoms with van der Waals surface area (Å²) in [5.74, 6) is 0. The minimum atomic E-state index is 0.169. The number of benzene rings is 2. The fraction of sp³-hybridized carbons (Fsp3) is 0.263. The molecule has 0 unspecified atom stereocenters.